The number of alkyl halides is 3. The minimum Gasteiger partial charge on any atom is -0.478 e. The zero-order valence-electron chi connectivity index (χ0n) is 14.7. The Hall–Kier alpha value is -3.47. The number of carboxylic acids is 1. The first kappa shape index (κ1) is 21.2. The van der Waals surface area contributed by atoms with Crippen LogP contribution in [0.15, 0.2) is 54.6 Å². The van der Waals surface area contributed by atoms with Gasteiger partial charge in [-0.05, 0) is 48.0 Å². The van der Waals surface area contributed by atoms with Crippen LogP contribution in [0.25, 0.3) is 28.2 Å². The quantitative estimate of drug-likeness (QED) is 0.274. The molecule has 156 valence electrons. The zero-order chi connectivity index (χ0) is 22.1. The van der Waals surface area contributed by atoms with Gasteiger partial charge in [-0.25, -0.2) is 14.2 Å². The Kier molecular flexibility index (Phi) is 5.49. The Balaban J connectivity index is 1.99. The van der Waals surface area contributed by atoms with E-state index in [4.69, 9.17) is 5.11 Å². The normalized spacial score (nSPS) is 12.4. The molecular weight excluding hydrogens is 430 g/mol. The number of carbonyl (C=O) groups is 1. The fourth-order valence-corrected chi connectivity index (χ4v) is 2.94. The molecule has 1 N–H and O–H groups in total. The minimum atomic E-state index is -5.90. The number of aliphatic carboxylic acids is 1. The summed E-state index contributed by atoms with van der Waals surface area (Å²) in [7, 11) is -5.90. The first-order valence-corrected chi connectivity index (χ1v) is 9.49. The van der Waals surface area contributed by atoms with Crippen molar-refractivity contribution in [3.05, 3.63) is 66.0 Å². The zero-order valence-corrected chi connectivity index (χ0v) is 15.5. The van der Waals surface area contributed by atoms with Crippen molar-refractivity contribution in [3.63, 3.8) is 0 Å². The second kappa shape index (κ2) is 7.75. The number of fused-ring (bicyclic) bond motifs is 1. The highest BCUT2D eigenvalue weighted by Gasteiger charge is 2.48. The Morgan fingerprint density at radius 1 is 1.07 bits per heavy atom. The van der Waals surface area contributed by atoms with Crippen molar-refractivity contribution in [2.45, 2.75) is 5.51 Å². The number of rotatable bonds is 5. The minimum absolute atomic E-state index is 0.0312. The third-order valence-electron chi connectivity index (χ3n) is 3.83. The third kappa shape index (κ3) is 4.57. The van der Waals surface area contributed by atoms with Crippen LogP contribution in [-0.2, 0) is 14.9 Å². The highest BCUT2D eigenvalue weighted by molar-refractivity contribution is 7.88. The van der Waals surface area contributed by atoms with Gasteiger partial charge in [-0.1, -0.05) is 12.1 Å². The van der Waals surface area contributed by atoms with E-state index >= 15 is 0 Å². The van der Waals surface area contributed by atoms with Crippen molar-refractivity contribution in [3.8, 4) is 17.0 Å². The molecule has 0 radical (unpaired) electrons. The van der Waals surface area contributed by atoms with Gasteiger partial charge in [-0.2, -0.15) is 21.6 Å². The average molecular weight is 441 g/mol. The summed E-state index contributed by atoms with van der Waals surface area (Å²) < 4.78 is 78.0. The molecule has 0 saturated carbocycles. The van der Waals surface area contributed by atoms with Crippen LogP contribution in [0, 0.1) is 5.82 Å². The summed E-state index contributed by atoms with van der Waals surface area (Å²) in [6, 6.07) is 10.0. The summed E-state index contributed by atoms with van der Waals surface area (Å²) in [5.74, 6) is -2.69. The summed E-state index contributed by atoms with van der Waals surface area (Å²) in [5.41, 5.74) is -4.88. The van der Waals surface area contributed by atoms with Crippen LogP contribution < -0.4 is 4.18 Å². The Labute approximate surface area is 167 Å². The van der Waals surface area contributed by atoms with E-state index in [1.165, 1.54) is 12.1 Å². The molecule has 0 saturated heterocycles. The number of nitrogens with zero attached hydrogens (tertiary/aromatic N) is 1. The lowest BCUT2D eigenvalue weighted by molar-refractivity contribution is -0.131. The van der Waals surface area contributed by atoms with E-state index in [0.29, 0.717) is 16.5 Å². The highest BCUT2D eigenvalue weighted by Crippen LogP contribution is 2.31. The maximum atomic E-state index is 14.2. The second-order valence-electron chi connectivity index (χ2n) is 5.95. The van der Waals surface area contributed by atoms with Crippen molar-refractivity contribution in [1.29, 1.82) is 0 Å². The third-order valence-corrected chi connectivity index (χ3v) is 4.81. The topological polar surface area (TPSA) is 93.6 Å². The second-order valence-corrected chi connectivity index (χ2v) is 7.48. The summed E-state index contributed by atoms with van der Waals surface area (Å²) in [4.78, 5) is 14.8. The van der Waals surface area contributed by atoms with Crippen molar-refractivity contribution in [1.82, 2.24) is 4.98 Å². The lowest BCUT2D eigenvalue weighted by Gasteiger charge is -2.11. The lowest BCUT2D eigenvalue weighted by Crippen LogP contribution is -2.28. The maximum absolute atomic E-state index is 14.2. The Morgan fingerprint density at radius 3 is 2.47 bits per heavy atom. The fraction of sp³-hybridized carbons (Fsp3) is 0.0526. The predicted molar refractivity (Wildman–Crippen MR) is 99.4 cm³/mol. The molecule has 3 rings (SSSR count). The number of benzene rings is 2. The Bertz CT molecular complexity index is 1270. The molecule has 0 amide bonds. The highest BCUT2D eigenvalue weighted by atomic mass is 32.2. The van der Waals surface area contributed by atoms with Crippen molar-refractivity contribution >= 4 is 33.1 Å². The summed E-state index contributed by atoms with van der Waals surface area (Å²) >= 11 is 0. The average Bonchev–Trinajstić information content (AvgIpc) is 2.66. The van der Waals surface area contributed by atoms with Crippen LogP contribution in [0.1, 0.15) is 5.56 Å². The van der Waals surface area contributed by atoms with Gasteiger partial charge < -0.3 is 9.29 Å². The van der Waals surface area contributed by atoms with Crippen LogP contribution in [0.4, 0.5) is 17.6 Å². The van der Waals surface area contributed by atoms with Gasteiger partial charge in [0, 0.05) is 17.0 Å². The number of pyridine rings is 1. The summed E-state index contributed by atoms with van der Waals surface area (Å²) in [6.45, 7) is 0. The van der Waals surface area contributed by atoms with Gasteiger partial charge >= 0.3 is 21.6 Å². The number of hydrogen-bond acceptors (Lipinski definition) is 5. The van der Waals surface area contributed by atoms with Crippen molar-refractivity contribution in [2.75, 3.05) is 0 Å². The van der Waals surface area contributed by atoms with Crippen molar-refractivity contribution in [2.24, 2.45) is 0 Å². The van der Waals surface area contributed by atoms with Crippen LogP contribution in [0.3, 0.4) is 0 Å². The number of halogens is 4. The Morgan fingerprint density at radius 2 is 1.80 bits per heavy atom. The van der Waals surface area contributed by atoms with Crippen LogP contribution in [-0.4, -0.2) is 30.0 Å². The molecule has 1 heterocycles. The van der Waals surface area contributed by atoms with E-state index in [9.17, 15) is 30.8 Å². The smallest absolute Gasteiger partial charge is 0.478 e. The summed E-state index contributed by atoms with van der Waals surface area (Å²) in [5, 5.41) is 9.27. The van der Waals surface area contributed by atoms with E-state index in [-0.39, 0.29) is 11.3 Å². The molecule has 0 aliphatic heterocycles. The maximum Gasteiger partial charge on any atom is 0.534 e. The van der Waals surface area contributed by atoms with E-state index < -0.39 is 33.2 Å². The molecule has 0 aliphatic rings. The first-order valence-electron chi connectivity index (χ1n) is 8.09. The standard InChI is InChI=1S/C19H11F4NO5S/c20-15-5-4-13(29-30(27,28)19(21,22)23)10-14(15)17-7-3-12-9-11(2-8-18(25)26)1-6-16(12)24-17/h1-10H,(H,25,26)/b8-2+. The summed E-state index contributed by atoms with van der Waals surface area (Å²) in [6.07, 6.45) is 2.33. The molecule has 0 aliphatic carbocycles. The molecule has 30 heavy (non-hydrogen) atoms. The lowest BCUT2D eigenvalue weighted by atomic mass is 10.1. The van der Waals surface area contributed by atoms with Gasteiger partial charge in [0.1, 0.15) is 11.6 Å². The van der Waals surface area contributed by atoms with Crippen LogP contribution in [0.2, 0.25) is 0 Å². The molecule has 0 unspecified atom stereocenters. The molecule has 0 bridgehead atoms. The number of aromatic nitrogens is 1. The number of hydrogen-bond donors (Lipinski definition) is 1. The van der Waals surface area contributed by atoms with E-state index in [1.807, 2.05) is 0 Å². The predicted octanol–water partition coefficient (Wildman–Crippen LogP) is 4.37. The SMILES string of the molecule is O=C(O)/C=C/c1ccc2nc(-c3cc(OS(=O)(=O)C(F)(F)F)ccc3F)ccc2c1. The van der Waals surface area contributed by atoms with E-state index in [1.54, 1.807) is 24.3 Å². The van der Waals surface area contributed by atoms with Crippen LogP contribution in [0.5, 0.6) is 5.75 Å². The molecule has 0 spiro atoms. The van der Waals surface area contributed by atoms with Gasteiger partial charge in [0.2, 0.25) is 0 Å². The van der Waals surface area contributed by atoms with E-state index in [2.05, 4.69) is 9.17 Å². The first-order chi connectivity index (χ1) is 14.0. The van der Waals surface area contributed by atoms with Gasteiger partial charge in [0.05, 0.1) is 11.2 Å². The molecule has 0 atom stereocenters. The number of carboxylic acid groups (broad SMARTS) is 1. The molecule has 11 heteroatoms. The monoisotopic (exact) mass is 441 g/mol. The largest absolute Gasteiger partial charge is 0.534 e. The molecule has 2 aromatic carbocycles. The molecule has 6 nitrogen and oxygen atoms in total. The molecule has 0 fully saturated rings. The van der Waals surface area contributed by atoms with Gasteiger partial charge in [-0.3, -0.25) is 0 Å². The van der Waals surface area contributed by atoms with Gasteiger partial charge in [0.25, 0.3) is 0 Å². The molecular formula is C19H11F4NO5S. The van der Waals surface area contributed by atoms with Crippen LogP contribution >= 0.6 is 0 Å². The fourth-order valence-electron chi connectivity index (χ4n) is 2.49. The van der Waals surface area contributed by atoms with E-state index in [0.717, 1.165) is 24.3 Å². The molecule has 3 aromatic rings. The molecule has 1 aromatic heterocycles. The van der Waals surface area contributed by atoms with Gasteiger partial charge in [0.15, 0.2) is 0 Å². The van der Waals surface area contributed by atoms with Crippen molar-refractivity contribution < 1.29 is 40.1 Å². The van der Waals surface area contributed by atoms with Gasteiger partial charge in [-0.15, -0.1) is 0 Å².